The number of aliphatic carboxylic acids is 1. The van der Waals surface area contributed by atoms with Gasteiger partial charge in [-0.25, -0.2) is 0 Å². The molecule has 0 aromatic carbocycles. The summed E-state index contributed by atoms with van der Waals surface area (Å²) in [6.07, 6.45) is 0.0660. The maximum atomic E-state index is 9.87. The Morgan fingerprint density at radius 1 is 2.00 bits per heavy atom. The number of hydrogen-bond acceptors (Lipinski definition) is 3. The second kappa shape index (κ2) is 3.40. The second-order valence-corrected chi connectivity index (χ2v) is 1.67. The van der Waals surface area contributed by atoms with Gasteiger partial charge < -0.3 is 5.11 Å². The van der Waals surface area contributed by atoms with Crippen LogP contribution < -0.4 is 11.3 Å². The van der Waals surface area contributed by atoms with Gasteiger partial charge in [-0.2, -0.15) is 0 Å². The summed E-state index contributed by atoms with van der Waals surface area (Å²) < 4.78 is 0. The molecule has 4 nitrogen and oxygen atoms in total. The number of rotatable bonds is 3. The Hall–Kier alpha value is -0.610. The molecule has 0 bridgehead atoms. The number of nitrogens with two attached hydrogens (primary N) is 1. The number of hydrazine groups is 1. The van der Waals surface area contributed by atoms with Crippen LogP contribution in [0.15, 0.2) is 0 Å². The lowest BCUT2D eigenvalue weighted by molar-refractivity contribution is -0.137. The van der Waals surface area contributed by atoms with Crippen LogP contribution in [0.4, 0.5) is 0 Å². The van der Waals surface area contributed by atoms with Crippen LogP contribution in [0.1, 0.15) is 13.3 Å². The molecule has 0 rings (SSSR count). The fraction of sp³-hybridized carbons (Fsp3) is 0.750. The van der Waals surface area contributed by atoms with E-state index in [4.69, 9.17) is 10.9 Å². The molecule has 48 valence electrons. The maximum absolute atomic E-state index is 9.87. The molecule has 0 unspecified atom stereocenters. The molecule has 0 fully saturated rings. The van der Waals surface area contributed by atoms with E-state index in [9.17, 15) is 4.79 Å². The van der Waals surface area contributed by atoms with E-state index in [1.807, 2.05) is 0 Å². The minimum absolute atomic E-state index is 0.0660. The Morgan fingerprint density at radius 3 is 2.62 bits per heavy atom. The van der Waals surface area contributed by atoms with E-state index in [0.717, 1.165) is 0 Å². The van der Waals surface area contributed by atoms with Gasteiger partial charge in [0.2, 0.25) is 0 Å². The van der Waals surface area contributed by atoms with E-state index < -0.39 is 5.97 Å². The van der Waals surface area contributed by atoms with Crippen LogP contribution in [0.25, 0.3) is 0 Å². The molecule has 0 saturated heterocycles. The Bertz CT molecular complexity index is 84.1. The summed E-state index contributed by atoms with van der Waals surface area (Å²) in [5, 5.41) is 8.12. The Morgan fingerprint density at radius 2 is 2.50 bits per heavy atom. The second-order valence-electron chi connectivity index (χ2n) is 1.67. The molecule has 0 saturated carbocycles. The first kappa shape index (κ1) is 7.39. The molecule has 4 heteroatoms. The highest BCUT2D eigenvalue weighted by Crippen LogP contribution is 1.85. The van der Waals surface area contributed by atoms with Crippen molar-refractivity contribution < 1.29 is 9.90 Å². The van der Waals surface area contributed by atoms with Gasteiger partial charge in [0.25, 0.3) is 0 Å². The van der Waals surface area contributed by atoms with Crippen molar-refractivity contribution in [2.75, 3.05) is 0 Å². The van der Waals surface area contributed by atoms with E-state index in [2.05, 4.69) is 5.43 Å². The molecule has 0 aliphatic heterocycles. The van der Waals surface area contributed by atoms with Gasteiger partial charge in [0.05, 0.1) is 6.42 Å². The van der Waals surface area contributed by atoms with Crippen molar-refractivity contribution in [2.24, 2.45) is 5.84 Å². The Kier molecular flexibility index (Phi) is 3.14. The standard InChI is InChI=1S/C4H10N2O2/c1-3(6-5)2-4(7)8/h3,6H,2,5H2,1H3,(H,7,8)/t3-/m0/s1. The molecule has 8 heavy (non-hydrogen) atoms. The van der Waals surface area contributed by atoms with Gasteiger partial charge in [0.15, 0.2) is 0 Å². The van der Waals surface area contributed by atoms with Gasteiger partial charge in [-0.1, -0.05) is 0 Å². The smallest absolute Gasteiger partial charge is 0.304 e. The number of hydrogen-bond donors (Lipinski definition) is 3. The maximum Gasteiger partial charge on any atom is 0.304 e. The van der Waals surface area contributed by atoms with Crippen molar-refractivity contribution in [3.63, 3.8) is 0 Å². The lowest BCUT2D eigenvalue weighted by Gasteiger charge is -2.03. The summed E-state index contributed by atoms with van der Waals surface area (Å²) in [4.78, 5) is 9.87. The molecule has 1 atom stereocenters. The SMILES string of the molecule is C[C@@H](CC(=O)O)NN. The van der Waals surface area contributed by atoms with Gasteiger partial charge in [-0.3, -0.25) is 16.1 Å². The molecule has 0 amide bonds. The lowest BCUT2D eigenvalue weighted by atomic mass is 10.2. The monoisotopic (exact) mass is 118 g/mol. The van der Waals surface area contributed by atoms with Crippen LogP contribution in [0.5, 0.6) is 0 Å². The predicted molar refractivity (Wildman–Crippen MR) is 29.0 cm³/mol. The Balaban J connectivity index is 3.24. The number of carboxylic acids is 1. The molecule has 0 aliphatic carbocycles. The summed E-state index contributed by atoms with van der Waals surface area (Å²) in [7, 11) is 0. The third-order valence-electron chi connectivity index (χ3n) is 0.765. The zero-order valence-corrected chi connectivity index (χ0v) is 4.72. The molecular weight excluding hydrogens is 108 g/mol. The van der Waals surface area contributed by atoms with E-state index in [1.54, 1.807) is 6.92 Å². The first-order chi connectivity index (χ1) is 3.66. The topological polar surface area (TPSA) is 75.3 Å². The van der Waals surface area contributed by atoms with Gasteiger partial charge in [-0.05, 0) is 6.92 Å². The fourth-order valence-corrected chi connectivity index (χ4v) is 0.321. The van der Waals surface area contributed by atoms with Crippen molar-refractivity contribution in [1.82, 2.24) is 5.43 Å². The van der Waals surface area contributed by atoms with Crippen molar-refractivity contribution in [3.8, 4) is 0 Å². The van der Waals surface area contributed by atoms with Crippen LogP contribution in [0.2, 0.25) is 0 Å². The van der Waals surface area contributed by atoms with Crippen LogP contribution in [0.3, 0.4) is 0 Å². The average Bonchev–Trinajstić information content (AvgIpc) is 1.65. The summed E-state index contributed by atoms with van der Waals surface area (Å²) in [5.74, 6) is 4.07. The van der Waals surface area contributed by atoms with Crippen molar-refractivity contribution in [3.05, 3.63) is 0 Å². The quantitative estimate of drug-likeness (QED) is 0.339. The van der Waals surface area contributed by atoms with E-state index in [0.29, 0.717) is 0 Å². The molecule has 0 aromatic rings. The summed E-state index contributed by atoms with van der Waals surface area (Å²) in [6.45, 7) is 1.70. The zero-order chi connectivity index (χ0) is 6.57. The number of carboxylic acid groups (broad SMARTS) is 1. The summed E-state index contributed by atoms with van der Waals surface area (Å²) in [5.41, 5.74) is 2.32. The van der Waals surface area contributed by atoms with E-state index in [1.165, 1.54) is 0 Å². The third kappa shape index (κ3) is 3.58. The largest absolute Gasteiger partial charge is 0.481 e. The van der Waals surface area contributed by atoms with E-state index >= 15 is 0 Å². The van der Waals surface area contributed by atoms with Crippen molar-refractivity contribution in [1.29, 1.82) is 0 Å². The first-order valence-corrected chi connectivity index (χ1v) is 2.34. The Labute approximate surface area is 47.6 Å². The first-order valence-electron chi connectivity index (χ1n) is 2.34. The number of carbonyl (C=O) groups is 1. The molecule has 0 radical (unpaired) electrons. The molecular formula is C4H10N2O2. The number of nitrogens with one attached hydrogen (secondary N) is 1. The molecule has 0 heterocycles. The summed E-state index contributed by atoms with van der Waals surface area (Å²) in [6, 6.07) is -0.146. The highest BCUT2D eigenvalue weighted by Gasteiger charge is 2.02. The van der Waals surface area contributed by atoms with Gasteiger partial charge in [0.1, 0.15) is 0 Å². The lowest BCUT2D eigenvalue weighted by Crippen LogP contribution is -2.34. The normalized spacial score (nSPS) is 13.2. The van der Waals surface area contributed by atoms with E-state index in [-0.39, 0.29) is 12.5 Å². The van der Waals surface area contributed by atoms with Crippen LogP contribution >= 0.6 is 0 Å². The van der Waals surface area contributed by atoms with Gasteiger partial charge in [0, 0.05) is 6.04 Å². The third-order valence-corrected chi connectivity index (χ3v) is 0.765. The molecule has 0 aromatic heterocycles. The molecule has 0 spiro atoms. The average molecular weight is 118 g/mol. The van der Waals surface area contributed by atoms with Crippen molar-refractivity contribution >= 4 is 5.97 Å². The zero-order valence-electron chi connectivity index (χ0n) is 4.72. The van der Waals surface area contributed by atoms with Crippen LogP contribution in [-0.2, 0) is 4.79 Å². The van der Waals surface area contributed by atoms with Gasteiger partial charge >= 0.3 is 5.97 Å². The van der Waals surface area contributed by atoms with Crippen LogP contribution in [0, 0.1) is 0 Å². The fourth-order valence-electron chi connectivity index (χ4n) is 0.321. The van der Waals surface area contributed by atoms with Gasteiger partial charge in [-0.15, -0.1) is 0 Å². The van der Waals surface area contributed by atoms with Crippen molar-refractivity contribution in [2.45, 2.75) is 19.4 Å². The summed E-state index contributed by atoms with van der Waals surface area (Å²) >= 11 is 0. The highest BCUT2D eigenvalue weighted by molar-refractivity contribution is 5.67. The minimum atomic E-state index is -0.838. The van der Waals surface area contributed by atoms with Crippen LogP contribution in [-0.4, -0.2) is 17.1 Å². The molecule has 4 N–H and O–H groups in total. The predicted octanol–water partition coefficient (Wildman–Crippen LogP) is -0.687. The highest BCUT2D eigenvalue weighted by atomic mass is 16.4. The minimum Gasteiger partial charge on any atom is -0.481 e. The molecule has 0 aliphatic rings.